The van der Waals surface area contributed by atoms with E-state index in [-0.39, 0.29) is 0 Å². The first-order valence-electron chi connectivity index (χ1n) is 24.3. The topological polar surface area (TPSA) is 21.3 Å². The quantitative estimate of drug-likeness (QED) is 0.164. The van der Waals surface area contributed by atoms with Gasteiger partial charge in [-0.05, 0) is 114 Å². The minimum absolute atomic E-state index is 0.582. The Bertz CT molecular complexity index is 4520. The van der Waals surface area contributed by atoms with E-state index in [4.69, 9.17) is 4.42 Å². The number of para-hydroxylation sites is 5. The molecule has 1 spiro atoms. The van der Waals surface area contributed by atoms with Crippen LogP contribution in [0, 0.1) is 0 Å². The first kappa shape index (κ1) is 37.9. The van der Waals surface area contributed by atoms with Gasteiger partial charge in [-0.25, -0.2) is 0 Å². The molecule has 3 heteroatoms. The molecule has 3 nitrogen and oxygen atoms in total. The minimum Gasteiger partial charge on any atom is -0.455 e. The molecule has 1 unspecified atom stereocenters. The van der Waals surface area contributed by atoms with Crippen molar-refractivity contribution in [3.8, 4) is 27.9 Å². The lowest BCUT2D eigenvalue weighted by Gasteiger charge is -2.39. The van der Waals surface area contributed by atoms with E-state index in [9.17, 15) is 0 Å². The van der Waals surface area contributed by atoms with E-state index in [1.807, 2.05) is 6.07 Å². The van der Waals surface area contributed by atoms with Crippen LogP contribution in [0.2, 0.25) is 0 Å². The normalized spacial score (nSPS) is 14.6. The zero-order valence-electron chi connectivity index (χ0n) is 37.9. The molecular formula is C67H40N2O. The number of aromatic nitrogens is 1. The number of fused-ring (bicyclic) bond motifs is 21. The number of benzene rings is 12. The second kappa shape index (κ2) is 13.9. The van der Waals surface area contributed by atoms with Crippen molar-refractivity contribution in [1.82, 2.24) is 4.57 Å². The van der Waals surface area contributed by atoms with Gasteiger partial charge in [0.2, 0.25) is 0 Å². The summed E-state index contributed by atoms with van der Waals surface area (Å²) in [6.07, 6.45) is 0. The van der Waals surface area contributed by atoms with Gasteiger partial charge in [0.15, 0.2) is 0 Å². The van der Waals surface area contributed by atoms with Crippen LogP contribution in [0.15, 0.2) is 247 Å². The zero-order valence-corrected chi connectivity index (χ0v) is 37.9. The van der Waals surface area contributed by atoms with Gasteiger partial charge in [-0.3, -0.25) is 0 Å². The molecule has 0 fully saturated rings. The molecule has 70 heavy (non-hydrogen) atoms. The number of anilines is 3. The molecule has 0 amide bonds. The van der Waals surface area contributed by atoms with Gasteiger partial charge in [0.05, 0.1) is 27.8 Å². The summed E-state index contributed by atoms with van der Waals surface area (Å²) in [5.41, 5.74) is 18.1. The Balaban J connectivity index is 0.982. The van der Waals surface area contributed by atoms with Gasteiger partial charge in [-0.1, -0.05) is 194 Å². The average Bonchev–Trinajstić information content (AvgIpc) is 4.08. The van der Waals surface area contributed by atoms with Crippen LogP contribution in [0.5, 0.6) is 0 Å². The Morgan fingerprint density at radius 1 is 0.357 bits per heavy atom. The molecule has 0 saturated heterocycles. The molecule has 1 atom stereocenters. The zero-order chi connectivity index (χ0) is 45.7. The third kappa shape index (κ3) is 4.83. The lowest BCUT2D eigenvalue weighted by Crippen LogP contribution is -2.33. The molecule has 324 valence electrons. The van der Waals surface area contributed by atoms with Crippen LogP contribution < -0.4 is 4.90 Å². The van der Waals surface area contributed by atoms with Crippen molar-refractivity contribution in [1.29, 1.82) is 0 Å². The lowest BCUT2D eigenvalue weighted by atomic mass is 9.65. The molecule has 0 N–H and O–H groups in total. The monoisotopic (exact) mass is 888 g/mol. The van der Waals surface area contributed by atoms with Crippen LogP contribution in [0.25, 0.3) is 104 Å². The van der Waals surface area contributed by atoms with Crippen LogP contribution in [0.3, 0.4) is 0 Å². The number of hydrogen-bond acceptors (Lipinski definition) is 2. The summed E-state index contributed by atoms with van der Waals surface area (Å²) in [7, 11) is 0. The van der Waals surface area contributed by atoms with Gasteiger partial charge in [-0.15, -0.1) is 0 Å². The molecule has 1 aliphatic heterocycles. The van der Waals surface area contributed by atoms with Gasteiger partial charge in [-0.2, -0.15) is 0 Å². The Hall–Kier alpha value is -9.18. The predicted molar refractivity (Wildman–Crippen MR) is 292 cm³/mol. The predicted octanol–water partition coefficient (Wildman–Crippen LogP) is 18.0. The third-order valence-electron chi connectivity index (χ3n) is 15.8. The minimum atomic E-state index is -0.582. The van der Waals surface area contributed by atoms with Gasteiger partial charge >= 0.3 is 0 Å². The van der Waals surface area contributed by atoms with Crippen LogP contribution in [0.1, 0.15) is 22.3 Å². The fourth-order valence-electron chi connectivity index (χ4n) is 13.0. The van der Waals surface area contributed by atoms with E-state index < -0.39 is 5.41 Å². The van der Waals surface area contributed by atoms with Crippen molar-refractivity contribution in [2.45, 2.75) is 5.41 Å². The smallest absolute Gasteiger partial charge is 0.143 e. The first-order valence-corrected chi connectivity index (χ1v) is 24.3. The van der Waals surface area contributed by atoms with E-state index >= 15 is 0 Å². The number of furan rings is 1. The molecule has 12 aromatic carbocycles. The molecule has 2 aliphatic rings. The van der Waals surface area contributed by atoms with Crippen molar-refractivity contribution in [3.63, 3.8) is 0 Å². The highest BCUT2D eigenvalue weighted by atomic mass is 16.3. The molecule has 0 radical (unpaired) electrons. The molecule has 0 saturated carbocycles. The Morgan fingerprint density at radius 2 is 0.914 bits per heavy atom. The summed E-state index contributed by atoms with van der Waals surface area (Å²) < 4.78 is 9.09. The van der Waals surface area contributed by atoms with Crippen molar-refractivity contribution in [3.05, 3.63) is 265 Å². The van der Waals surface area contributed by atoms with E-state index in [1.54, 1.807) is 0 Å². The maximum absolute atomic E-state index is 6.57. The van der Waals surface area contributed by atoms with Crippen LogP contribution in [-0.2, 0) is 5.41 Å². The van der Waals surface area contributed by atoms with E-state index in [0.29, 0.717) is 0 Å². The van der Waals surface area contributed by atoms with E-state index in [0.717, 1.165) is 50.1 Å². The molecule has 1 aliphatic carbocycles. The Morgan fingerprint density at radius 3 is 1.73 bits per heavy atom. The molecule has 2 aromatic heterocycles. The summed E-state index contributed by atoms with van der Waals surface area (Å²) in [5.74, 6) is 0. The maximum atomic E-state index is 6.57. The van der Waals surface area contributed by atoms with Crippen molar-refractivity contribution < 1.29 is 4.42 Å². The summed E-state index contributed by atoms with van der Waals surface area (Å²) in [6, 6.07) is 90.0. The number of rotatable bonds is 4. The van der Waals surface area contributed by atoms with Crippen LogP contribution in [0.4, 0.5) is 17.1 Å². The van der Waals surface area contributed by atoms with Gasteiger partial charge in [0.1, 0.15) is 11.2 Å². The molecule has 3 heterocycles. The number of hydrogen-bond donors (Lipinski definition) is 0. The van der Waals surface area contributed by atoms with Gasteiger partial charge < -0.3 is 13.9 Å². The van der Waals surface area contributed by atoms with E-state index in [1.165, 1.54) is 93.2 Å². The second-order valence-corrected chi connectivity index (χ2v) is 19.1. The molecule has 16 rings (SSSR count). The summed E-state index contributed by atoms with van der Waals surface area (Å²) in [4.78, 5) is 2.51. The lowest BCUT2D eigenvalue weighted by molar-refractivity contribution is 0.670. The van der Waals surface area contributed by atoms with Crippen molar-refractivity contribution in [2.75, 3.05) is 4.90 Å². The molecule has 14 aromatic rings. The van der Waals surface area contributed by atoms with Crippen LogP contribution in [-0.4, -0.2) is 4.57 Å². The van der Waals surface area contributed by atoms with Crippen molar-refractivity contribution in [2.24, 2.45) is 0 Å². The van der Waals surface area contributed by atoms with Crippen molar-refractivity contribution >= 4 is 93.1 Å². The van der Waals surface area contributed by atoms with Gasteiger partial charge in [0.25, 0.3) is 0 Å². The summed E-state index contributed by atoms with van der Waals surface area (Å²) in [5, 5.41) is 12.3. The fourth-order valence-corrected chi connectivity index (χ4v) is 13.0. The Kier molecular flexibility index (Phi) is 7.54. The maximum Gasteiger partial charge on any atom is 0.143 e. The summed E-state index contributed by atoms with van der Waals surface area (Å²) >= 11 is 0. The second-order valence-electron chi connectivity index (χ2n) is 19.1. The highest BCUT2D eigenvalue weighted by Gasteiger charge is 2.51. The van der Waals surface area contributed by atoms with E-state index in [2.05, 4.69) is 246 Å². The van der Waals surface area contributed by atoms with Gasteiger partial charge in [0, 0.05) is 44.0 Å². The SMILES string of the molecule is c1ccc2c(c1)-c1c(N(c3ccc(-c4cccc5c4oc4ccccc45)cc3)c3ccc4c5ccccc5c5ccccc5c4c3)cccc1C21c2ccccc2-n2c3ccccc3c3cccc1c32. The molecular weight excluding hydrogens is 849 g/mol. The molecule has 0 bridgehead atoms. The highest BCUT2D eigenvalue weighted by molar-refractivity contribution is 6.26. The first-order chi connectivity index (χ1) is 34.8. The highest BCUT2D eigenvalue weighted by Crippen LogP contribution is 2.63. The summed E-state index contributed by atoms with van der Waals surface area (Å²) in [6.45, 7) is 0. The largest absolute Gasteiger partial charge is 0.455 e. The average molecular weight is 889 g/mol. The Labute approximate surface area is 403 Å². The van der Waals surface area contributed by atoms with Crippen LogP contribution >= 0.6 is 0 Å². The standard InChI is InChI=1S/C67H40N2O/c1-2-18-47-45(16-1)46-17-3-4-19-48(46)55-40-43(38-39-49(47)55)68(42-36-34-41(35-37-42)44-23-13-25-53-51-21-7-12-33-63(51)70-66(44)53)62-32-15-28-58-64(62)54-22-5-8-26-56(54)67(58)57-27-9-11-31-61(57)69-60-30-10-6-20-50(60)52-24-14-29-59(67)65(52)69/h1-40H. The number of nitrogens with zero attached hydrogens (tertiary/aromatic N) is 2. The fraction of sp³-hybridized carbons (Fsp3) is 0.0149. The third-order valence-corrected chi connectivity index (χ3v) is 15.8.